The molecule has 0 radical (unpaired) electrons. The highest BCUT2D eigenvalue weighted by molar-refractivity contribution is 5.83. The fraction of sp³-hybridized carbons (Fsp3) is 0.222. The molecule has 0 atom stereocenters. The molecule has 0 unspecified atom stereocenters. The first kappa shape index (κ1) is 12.0. The molecule has 1 aliphatic carbocycles. The van der Waals surface area contributed by atoms with Gasteiger partial charge in [0.1, 0.15) is 5.75 Å². The quantitative estimate of drug-likeness (QED) is 0.758. The lowest BCUT2D eigenvalue weighted by Crippen LogP contribution is -1.90. The van der Waals surface area contributed by atoms with Crippen LogP contribution in [0.15, 0.2) is 48.5 Å². The van der Waals surface area contributed by atoms with Gasteiger partial charge < -0.3 is 4.74 Å². The minimum Gasteiger partial charge on any atom is -0.497 e. The van der Waals surface area contributed by atoms with E-state index in [2.05, 4.69) is 48.5 Å². The van der Waals surface area contributed by atoms with Crippen molar-refractivity contribution in [3.05, 3.63) is 65.2 Å². The average molecular weight is 250 g/mol. The second kappa shape index (κ2) is 5.31. The second-order valence-corrected chi connectivity index (χ2v) is 4.95. The number of fused-ring (bicyclic) bond motifs is 1. The molecule has 2 aromatic carbocycles. The molecule has 0 aliphatic heterocycles. The molecular weight excluding hydrogens is 232 g/mol. The van der Waals surface area contributed by atoms with Crippen molar-refractivity contribution >= 4 is 11.6 Å². The SMILES string of the molecule is COc1ccc2c(c1)CCCC(c1ccccc1)=C2. The summed E-state index contributed by atoms with van der Waals surface area (Å²) < 4.78 is 5.31. The Morgan fingerprint density at radius 2 is 1.79 bits per heavy atom. The molecule has 0 amide bonds. The number of aryl methyl sites for hydroxylation is 1. The lowest BCUT2D eigenvalue weighted by Gasteiger charge is -2.06. The van der Waals surface area contributed by atoms with Gasteiger partial charge in [-0.1, -0.05) is 42.5 Å². The number of allylic oxidation sites excluding steroid dienone is 1. The minimum atomic E-state index is 0.954. The molecule has 0 spiro atoms. The Morgan fingerprint density at radius 1 is 0.947 bits per heavy atom. The summed E-state index contributed by atoms with van der Waals surface area (Å²) in [6.45, 7) is 0. The van der Waals surface area contributed by atoms with E-state index in [0.29, 0.717) is 0 Å². The summed E-state index contributed by atoms with van der Waals surface area (Å²) in [6.07, 6.45) is 5.79. The largest absolute Gasteiger partial charge is 0.497 e. The highest BCUT2D eigenvalue weighted by Crippen LogP contribution is 2.30. The number of hydrogen-bond acceptors (Lipinski definition) is 1. The summed E-state index contributed by atoms with van der Waals surface area (Å²) in [7, 11) is 1.73. The third-order valence-electron chi connectivity index (χ3n) is 3.72. The van der Waals surface area contributed by atoms with Crippen LogP contribution in [0.5, 0.6) is 5.75 Å². The Bertz CT molecular complexity index is 596. The van der Waals surface area contributed by atoms with Crippen molar-refractivity contribution in [3.63, 3.8) is 0 Å². The zero-order chi connectivity index (χ0) is 13.1. The third-order valence-corrected chi connectivity index (χ3v) is 3.72. The van der Waals surface area contributed by atoms with Crippen molar-refractivity contribution < 1.29 is 4.74 Å². The Hall–Kier alpha value is -2.02. The van der Waals surface area contributed by atoms with Gasteiger partial charge in [0, 0.05) is 0 Å². The Kier molecular flexibility index (Phi) is 3.37. The molecule has 1 nitrogen and oxygen atoms in total. The predicted octanol–water partition coefficient (Wildman–Crippen LogP) is 4.57. The van der Waals surface area contributed by atoms with E-state index in [0.717, 1.165) is 18.6 Å². The van der Waals surface area contributed by atoms with Crippen LogP contribution in [0, 0.1) is 0 Å². The number of hydrogen-bond donors (Lipinski definition) is 0. The van der Waals surface area contributed by atoms with Gasteiger partial charge in [0.05, 0.1) is 7.11 Å². The summed E-state index contributed by atoms with van der Waals surface area (Å²) in [5.41, 5.74) is 5.50. The van der Waals surface area contributed by atoms with Gasteiger partial charge in [0.15, 0.2) is 0 Å². The van der Waals surface area contributed by atoms with E-state index in [-0.39, 0.29) is 0 Å². The molecule has 3 rings (SSSR count). The molecule has 0 bridgehead atoms. The lowest BCUT2D eigenvalue weighted by atomic mass is 10.0. The molecule has 0 aromatic heterocycles. The molecule has 19 heavy (non-hydrogen) atoms. The first-order chi connectivity index (χ1) is 9.36. The molecule has 0 heterocycles. The fourth-order valence-corrected chi connectivity index (χ4v) is 2.68. The average Bonchev–Trinajstić information content (AvgIpc) is 2.69. The van der Waals surface area contributed by atoms with E-state index in [1.807, 2.05) is 6.07 Å². The summed E-state index contributed by atoms with van der Waals surface area (Å²) in [5, 5.41) is 0. The molecule has 0 saturated carbocycles. The van der Waals surface area contributed by atoms with Gasteiger partial charge in [-0.25, -0.2) is 0 Å². The molecule has 96 valence electrons. The maximum atomic E-state index is 5.31. The van der Waals surface area contributed by atoms with Gasteiger partial charge in [0.25, 0.3) is 0 Å². The molecule has 0 saturated heterocycles. The summed E-state index contributed by atoms with van der Waals surface area (Å²) in [4.78, 5) is 0. The van der Waals surface area contributed by atoms with Gasteiger partial charge >= 0.3 is 0 Å². The Labute approximate surface area is 114 Å². The number of rotatable bonds is 2. The lowest BCUT2D eigenvalue weighted by molar-refractivity contribution is 0.414. The molecule has 0 N–H and O–H groups in total. The van der Waals surface area contributed by atoms with Gasteiger partial charge in [0.2, 0.25) is 0 Å². The summed E-state index contributed by atoms with van der Waals surface area (Å²) in [5.74, 6) is 0.954. The second-order valence-electron chi connectivity index (χ2n) is 4.95. The van der Waals surface area contributed by atoms with Crippen LogP contribution < -0.4 is 4.74 Å². The maximum Gasteiger partial charge on any atom is 0.119 e. The fourth-order valence-electron chi connectivity index (χ4n) is 2.68. The maximum absolute atomic E-state index is 5.31. The zero-order valence-electron chi connectivity index (χ0n) is 11.2. The van der Waals surface area contributed by atoms with E-state index < -0.39 is 0 Å². The third kappa shape index (κ3) is 2.55. The number of methoxy groups -OCH3 is 1. The topological polar surface area (TPSA) is 9.23 Å². The number of benzene rings is 2. The van der Waals surface area contributed by atoms with Crippen LogP contribution in [0.25, 0.3) is 11.6 Å². The van der Waals surface area contributed by atoms with Crippen LogP contribution in [0.4, 0.5) is 0 Å². The van der Waals surface area contributed by atoms with Crippen LogP contribution in [0.1, 0.15) is 29.5 Å². The first-order valence-corrected chi connectivity index (χ1v) is 6.80. The van der Waals surface area contributed by atoms with Crippen molar-refractivity contribution in [2.45, 2.75) is 19.3 Å². The van der Waals surface area contributed by atoms with Crippen molar-refractivity contribution in [2.75, 3.05) is 7.11 Å². The Balaban J connectivity index is 2.02. The van der Waals surface area contributed by atoms with E-state index >= 15 is 0 Å². The molecule has 2 aromatic rings. The molecule has 1 aliphatic rings. The van der Waals surface area contributed by atoms with Gasteiger partial charge in [-0.15, -0.1) is 0 Å². The van der Waals surface area contributed by atoms with Crippen molar-refractivity contribution in [2.24, 2.45) is 0 Å². The van der Waals surface area contributed by atoms with Gasteiger partial charge in [-0.2, -0.15) is 0 Å². The van der Waals surface area contributed by atoms with E-state index in [9.17, 15) is 0 Å². The molecular formula is C18H18O. The Morgan fingerprint density at radius 3 is 2.58 bits per heavy atom. The summed E-state index contributed by atoms with van der Waals surface area (Å²) >= 11 is 0. The van der Waals surface area contributed by atoms with Gasteiger partial charge in [-0.3, -0.25) is 0 Å². The molecule has 1 heteroatoms. The molecule has 0 fully saturated rings. The smallest absolute Gasteiger partial charge is 0.119 e. The normalized spacial score (nSPS) is 14.3. The predicted molar refractivity (Wildman–Crippen MR) is 80.2 cm³/mol. The van der Waals surface area contributed by atoms with Gasteiger partial charge in [-0.05, 0) is 53.7 Å². The van der Waals surface area contributed by atoms with E-state index in [4.69, 9.17) is 4.74 Å². The minimum absolute atomic E-state index is 0.954. The van der Waals surface area contributed by atoms with Crippen LogP contribution in [-0.2, 0) is 6.42 Å². The van der Waals surface area contributed by atoms with Crippen LogP contribution >= 0.6 is 0 Å². The van der Waals surface area contributed by atoms with Crippen molar-refractivity contribution in [3.8, 4) is 5.75 Å². The highest BCUT2D eigenvalue weighted by atomic mass is 16.5. The first-order valence-electron chi connectivity index (χ1n) is 6.80. The van der Waals surface area contributed by atoms with Crippen LogP contribution in [0.3, 0.4) is 0 Å². The highest BCUT2D eigenvalue weighted by Gasteiger charge is 2.10. The zero-order valence-corrected chi connectivity index (χ0v) is 11.2. The number of ether oxygens (including phenoxy) is 1. The van der Waals surface area contributed by atoms with Crippen molar-refractivity contribution in [1.29, 1.82) is 0 Å². The summed E-state index contributed by atoms with van der Waals surface area (Å²) in [6, 6.07) is 17.1. The monoisotopic (exact) mass is 250 g/mol. The van der Waals surface area contributed by atoms with Crippen LogP contribution in [0.2, 0.25) is 0 Å². The standard InChI is InChI=1S/C18H18O/c1-19-18-11-10-17-12-15(8-5-9-16(17)13-18)14-6-3-2-4-7-14/h2-4,6-7,10-13H,5,8-9H2,1H3. The van der Waals surface area contributed by atoms with E-state index in [1.165, 1.54) is 28.7 Å². The van der Waals surface area contributed by atoms with Crippen LogP contribution in [-0.4, -0.2) is 7.11 Å². The van der Waals surface area contributed by atoms with Crippen molar-refractivity contribution in [1.82, 2.24) is 0 Å². The van der Waals surface area contributed by atoms with E-state index in [1.54, 1.807) is 7.11 Å².